The van der Waals surface area contributed by atoms with Crippen LogP contribution in [0, 0.1) is 11.3 Å². The van der Waals surface area contributed by atoms with Crippen molar-refractivity contribution < 1.29 is 19.4 Å². The van der Waals surface area contributed by atoms with E-state index in [1.165, 1.54) is 12.7 Å². The highest BCUT2D eigenvalue weighted by Gasteiger charge is 2.79. The van der Waals surface area contributed by atoms with Crippen LogP contribution in [-0.4, -0.2) is 48.7 Å². The lowest BCUT2D eigenvalue weighted by Gasteiger charge is -2.64. The van der Waals surface area contributed by atoms with Gasteiger partial charge in [0.1, 0.15) is 5.54 Å². The summed E-state index contributed by atoms with van der Waals surface area (Å²) in [6.45, 7) is 2.51. The third kappa shape index (κ3) is 1.94. The van der Waals surface area contributed by atoms with Gasteiger partial charge < -0.3 is 20.5 Å². The van der Waals surface area contributed by atoms with Crippen LogP contribution in [0.1, 0.15) is 38.2 Å². The van der Waals surface area contributed by atoms with Gasteiger partial charge >= 0.3 is 5.97 Å². The fraction of sp³-hybridized carbons (Fsp3) is 0.565. The van der Waals surface area contributed by atoms with E-state index in [4.69, 9.17) is 4.74 Å². The smallest absolute Gasteiger partial charge is 0.306 e. The molecule has 1 aromatic rings. The number of benzene rings is 1. The summed E-state index contributed by atoms with van der Waals surface area (Å²) in [5, 5.41) is 18.3. The first-order chi connectivity index (χ1) is 14.0. The highest BCUT2D eigenvalue weighted by molar-refractivity contribution is 6.01. The van der Waals surface area contributed by atoms with Crippen molar-refractivity contribution in [2.24, 2.45) is 11.3 Å². The van der Waals surface area contributed by atoms with Crippen molar-refractivity contribution in [3.8, 4) is 0 Å². The second kappa shape index (κ2) is 6.16. The van der Waals surface area contributed by atoms with E-state index in [1.807, 2.05) is 25.1 Å². The van der Waals surface area contributed by atoms with Gasteiger partial charge in [-0.15, -0.1) is 0 Å². The first-order valence-electron chi connectivity index (χ1n) is 10.5. The lowest BCUT2D eigenvalue weighted by molar-refractivity contribution is -0.156. The number of rotatable bonds is 3. The number of methoxy groups -OCH3 is 1. The molecule has 2 heterocycles. The molecular formula is C23H28N2O4. The van der Waals surface area contributed by atoms with Crippen LogP contribution < -0.4 is 10.6 Å². The van der Waals surface area contributed by atoms with Crippen LogP contribution in [0.15, 0.2) is 35.9 Å². The number of hydrogen-bond donors (Lipinski definition) is 3. The Labute approximate surface area is 170 Å². The topological polar surface area (TPSA) is 87.7 Å². The van der Waals surface area contributed by atoms with E-state index in [2.05, 4.69) is 22.8 Å². The largest absolute Gasteiger partial charge is 0.469 e. The molecule has 5 rings (SSSR count). The highest BCUT2D eigenvalue weighted by atomic mass is 16.5. The molecule has 2 saturated carbocycles. The summed E-state index contributed by atoms with van der Waals surface area (Å²) in [6.07, 6.45) is 3.98. The van der Waals surface area contributed by atoms with Crippen molar-refractivity contribution in [2.45, 2.75) is 49.6 Å². The van der Waals surface area contributed by atoms with Gasteiger partial charge in [0.25, 0.3) is 0 Å². The number of Topliss-reactive ketones (excluding diaryl/α,β-unsaturated/α-hetero) is 1. The van der Waals surface area contributed by atoms with E-state index in [0.717, 1.165) is 11.3 Å². The highest BCUT2D eigenvalue weighted by Crippen LogP contribution is 2.72. The summed E-state index contributed by atoms with van der Waals surface area (Å²) >= 11 is 0. The predicted molar refractivity (Wildman–Crippen MR) is 109 cm³/mol. The van der Waals surface area contributed by atoms with Crippen molar-refractivity contribution in [1.29, 1.82) is 0 Å². The number of carbonyl (C=O) groups excluding carboxylic acids is 2. The van der Waals surface area contributed by atoms with Crippen LogP contribution in [0.4, 0.5) is 5.69 Å². The Kier molecular flexibility index (Phi) is 4.00. The summed E-state index contributed by atoms with van der Waals surface area (Å²) < 4.78 is 5.10. The molecule has 1 aromatic carbocycles. The lowest BCUT2D eigenvalue weighted by Crippen LogP contribution is -2.78. The number of aliphatic hydroxyl groups excluding tert-OH is 1. The van der Waals surface area contributed by atoms with Crippen LogP contribution in [0.25, 0.3) is 0 Å². The number of para-hydroxylation sites is 1. The minimum atomic E-state index is -0.844. The number of ketones is 1. The molecule has 2 aliphatic carbocycles. The van der Waals surface area contributed by atoms with Gasteiger partial charge in [-0.1, -0.05) is 29.8 Å². The van der Waals surface area contributed by atoms with Gasteiger partial charge in [-0.3, -0.25) is 9.59 Å². The molecule has 0 unspecified atom stereocenters. The SMILES string of the molecule is C/C=C1/CN[C@@H]2C[C@H]1[C@](CO)(CC(=O)OC)[C@@]13CCC(=O)[C@@]21Nc1ccccc13. The number of esters is 1. The summed E-state index contributed by atoms with van der Waals surface area (Å²) in [5.74, 6) is -0.149. The third-order valence-electron chi connectivity index (χ3n) is 8.41. The number of allylic oxidation sites excluding steroid dienone is 1. The summed E-state index contributed by atoms with van der Waals surface area (Å²) in [7, 11) is 1.39. The second-order valence-corrected chi connectivity index (χ2v) is 8.96. The molecule has 0 amide bonds. The molecule has 0 spiro atoms. The Hall–Kier alpha value is -2.18. The molecule has 0 radical (unpaired) electrons. The number of anilines is 1. The molecule has 6 nitrogen and oxygen atoms in total. The average molecular weight is 396 g/mol. The zero-order valence-corrected chi connectivity index (χ0v) is 17.0. The molecule has 29 heavy (non-hydrogen) atoms. The number of carbonyl (C=O) groups is 2. The average Bonchev–Trinajstić information content (AvgIpc) is 3.23. The minimum Gasteiger partial charge on any atom is -0.469 e. The minimum absolute atomic E-state index is 0.00910. The van der Waals surface area contributed by atoms with Crippen molar-refractivity contribution >= 4 is 17.4 Å². The van der Waals surface area contributed by atoms with Gasteiger partial charge in [-0.05, 0) is 37.3 Å². The van der Waals surface area contributed by atoms with Gasteiger partial charge in [-0.25, -0.2) is 0 Å². The Bertz CT molecular complexity index is 927. The van der Waals surface area contributed by atoms with E-state index >= 15 is 0 Å². The molecule has 1 saturated heterocycles. The number of fused-ring (bicyclic) bond motifs is 3. The number of ether oxygens (including phenoxy) is 1. The van der Waals surface area contributed by atoms with Crippen LogP contribution in [0.5, 0.6) is 0 Å². The fourth-order valence-electron chi connectivity index (χ4n) is 7.37. The standard InChI is InChI=1S/C23H28N2O4/c1-3-14-12-24-18-10-16(14)21(13-26,11-20(28)29-2)22-9-8-19(27)23(18,22)25-17-7-5-4-6-15(17)22/h3-7,16,18,24-26H,8-13H2,1-2H3/b14-3-/t16-,18-,21-,22+,23+/m1/s1. The summed E-state index contributed by atoms with van der Waals surface area (Å²) in [4.78, 5) is 26.3. The summed E-state index contributed by atoms with van der Waals surface area (Å²) in [6, 6.07) is 7.99. The van der Waals surface area contributed by atoms with Crippen LogP contribution in [0.2, 0.25) is 0 Å². The Balaban J connectivity index is 1.85. The number of nitrogens with one attached hydrogen (secondary N) is 2. The molecule has 5 atom stereocenters. The van der Waals surface area contributed by atoms with Crippen LogP contribution in [0.3, 0.4) is 0 Å². The molecule has 154 valence electrons. The van der Waals surface area contributed by atoms with Crippen molar-refractivity contribution in [1.82, 2.24) is 5.32 Å². The Morgan fingerprint density at radius 3 is 2.90 bits per heavy atom. The van der Waals surface area contributed by atoms with Gasteiger partial charge in [0.2, 0.25) is 0 Å². The maximum absolute atomic E-state index is 13.6. The van der Waals surface area contributed by atoms with E-state index < -0.39 is 16.4 Å². The number of aliphatic hydroxyl groups is 1. The second-order valence-electron chi connectivity index (χ2n) is 8.96. The quantitative estimate of drug-likeness (QED) is 0.535. The molecule has 3 N–H and O–H groups in total. The molecule has 2 aliphatic heterocycles. The maximum Gasteiger partial charge on any atom is 0.306 e. The molecule has 2 bridgehead atoms. The van der Waals surface area contributed by atoms with Crippen molar-refractivity contribution in [3.05, 3.63) is 41.5 Å². The zero-order chi connectivity index (χ0) is 20.4. The maximum atomic E-state index is 13.6. The van der Waals surface area contributed by atoms with Crippen LogP contribution >= 0.6 is 0 Å². The van der Waals surface area contributed by atoms with E-state index in [9.17, 15) is 14.7 Å². The molecular weight excluding hydrogens is 368 g/mol. The molecule has 0 aromatic heterocycles. The fourth-order valence-corrected chi connectivity index (χ4v) is 7.37. The van der Waals surface area contributed by atoms with E-state index in [0.29, 0.717) is 25.8 Å². The van der Waals surface area contributed by atoms with Gasteiger partial charge in [-0.2, -0.15) is 0 Å². The third-order valence-corrected chi connectivity index (χ3v) is 8.41. The van der Waals surface area contributed by atoms with E-state index in [-0.39, 0.29) is 36.7 Å². The van der Waals surface area contributed by atoms with Crippen molar-refractivity contribution in [3.63, 3.8) is 0 Å². The van der Waals surface area contributed by atoms with Gasteiger partial charge in [0, 0.05) is 35.5 Å². The monoisotopic (exact) mass is 396 g/mol. The molecule has 3 fully saturated rings. The zero-order valence-electron chi connectivity index (χ0n) is 17.0. The first kappa shape index (κ1) is 18.8. The number of piperidine rings is 1. The van der Waals surface area contributed by atoms with E-state index in [1.54, 1.807) is 0 Å². The lowest BCUT2D eigenvalue weighted by atomic mass is 9.41. The van der Waals surface area contributed by atoms with Crippen LogP contribution in [-0.2, 0) is 19.7 Å². The molecule has 4 aliphatic rings. The molecule has 6 heteroatoms. The Morgan fingerprint density at radius 2 is 2.17 bits per heavy atom. The van der Waals surface area contributed by atoms with Crippen molar-refractivity contribution in [2.75, 3.05) is 25.6 Å². The summed E-state index contributed by atoms with van der Waals surface area (Å²) in [5.41, 5.74) is 0.893. The van der Waals surface area contributed by atoms with Gasteiger partial charge in [0.05, 0.1) is 20.1 Å². The number of hydrogen-bond acceptors (Lipinski definition) is 6. The first-order valence-corrected chi connectivity index (χ1v) is 10.5. The Morgan fingerprint density at radius 1 is 1.38 bits per heavy atom. The normalized spacial score (nSPS) is 40.8. The van der Waals surface area contributed by atoms with Gasteiger partial charge in [0.15, 0.2) is 5.78 Å². The predicted octanol–water partition coefficient (Wildman–Crippen LogP) is 1.93.